The van der Waals surface area contributed by atoms with Gasteiger partial charge >= 0.3 is 5.97 Å². The third kappa shape index (κ3) is 3.77. The molecule has 1 aliphatic carbocycles. The summed E-state index contributed by atoms with van der Waals surface area (Å²) in [5.74, 6) is 0.785. The van der Waals surface area contributed by atoms with Crippen molar-refractivity contribution in [3.05, 3.63) is 75.7 Å². The van der Waals surface area contributed by atoms with Crippen LogP contribution in [0.2, 0.25) is 0 Å². The largest absolute Gasteiger partial charge is 0.457 e. The molecule has 1 aromatic carbocycles. The van der Waals surface area contributed by atoms with Crippen LogP contribution in [0.4, 0.5) is 0 Å². The summed E-state index contributed by atoms with van der Waals surface area (Å²) in [6, 6.07) is 7.57. The number of aromatic nitrogens is 3. The summed E-state index contributed by atoms with van der Waals surface area (Å²) in [6.07, 6.45) is 6.67. The highest BCUT2D eigenvalue weighted by molar-refractivity contribution is 5.94. The summed E-state index contributed by atoms with van der Waals surface area (Å²) in [4.78, 5) is 16.2. The summed E-state index contributed by atoms with van der Waals surface area (Å²) in [5.41, 5.74) is 5.91. The zero-order chi connectivity index (χ0) is 22.2. The maximum atomic E-state index is 11.9. The Labute approximate surface area is 185 Å². The number of ether oxygens (including phenoxy) is 1. The van der Waals surface area contributed by atoms with Gasteiger partial charge in [-0.05, 0) is 54.5 Å². The van der Waals surface area contributed by atoms with E-state index in [2.05, 4.69) is 21.5 Å². The van der Waals surface area contributed by atoms with Crippen molar-refractivity contribution in [2.24, 2.45) is 0 Å². The second-order valence-corrected chi connectivity index (χ2v) is 8.35. The molecule has 8 nitrogen and oxygen atoms in total. The lowest BCUT2D eigenvalue weighted by molar-refractivity contribution is 0.0534. The zero-order valence-corrected chi connectivity index (χ0v) is 17.7. The number of nitrogens with one attached hydrogen (secondary N) is 1. The molecule has 8 heteroatoms. The molecule has 0 amide bonds. The van der Waals surface area contributed by atoms with Crippen LogP contribution in [0.25, 0.3) is 5.82 Å². The van der Waals surface area contributed by atoms with Crippen LogP contribution in [0, 0.1) is 18.3 Å². The Bertz CT molecular complexity index is 1240. The fourth-order valence-electron chi connectivity index (χ4n) is 4.21. The molecule has 3 heterocycles. The van der Waals surface area contributed by atoms with E-state index in [4.69, 9.17) is 10.00 Å². The van der Waals surface area contributed by atoms with Gasteiger partial charge in [0.15, 0.2) is 5.82 Å². The number of aliphatic hydroxyl groups excluding tert-OH is 1. The van der Waals surface area contributed by atoms with Crippen LogP contribution in [0.3, 0.4) is 0 Å². The lowest BCUT2D eigenvalue weighted by atomic mass is 9.91. The summed E-state index contributed by atoms with van der Waals surface area (Å²) in [7, 11) is 0. The lowest BCUT2D eigenvalue weighted by Crippen LogP contribution is -2.22. The summed E-state index contributed by atoms with van der Waals surface area (Å²) < 4.78 is 6.88. The van der Waals surface area contributed by atoms with Gasteiger partial charge in [-0.2, -0.15) is 10.4 Å². The number of carbonyl (C=O) groups is 1. The summed E-state index contributed by atoms with van der Waals surface area (Å²) in [6.45, 7) is 3.09. The van der Waals surface area contributed by atoms with Gasteiger partial charge in [0.1, 0.15) is 12.7 Å². The maximum Gasteiger partial charge on any atom is 0.338 e. The van der Waals surface area contributed by atoms with Gasteiger partial charge in [-0.3, -0.25) is 0 Å². The van der Waals surface area contributed by atoms with Gasteiger partial charge in [0, 0.05) is 36.6 Å². The number of nitriles is 1. The molecule has 3 aromatic rings. The van der Waals surface area contributed by atoms with Crippen molar-refractivity contribution in [1.82, 2.24) is 20.1 Å². The Hall–Kier alpha value is -3.54. The second-order valence-electron chi connectivity index (χ2n) is 8.35. The number of aryl methyl sites for hydroxylation is 1. The topological polar surface area (TPSA) is 113 Å². The molecule has 0 spiro atoms. The van der Waals surface area contributed by atoms with Crippen LogP contribution < -0.4 is 5.32 Å². The van der Waals surface area contributed by atoms with Gasteiger partial charge in [0.25, 0.3) is 0 Å². The molecule has 1 atom stereocenters. The quantitative estimate of drug-likeness (QED) is 0.555. The van der Waals surface area contributed by atoms with Crippen LogP contribution in [-0.2, 0) is 17.9 Å². The third-order valence-electron chi connectivity index (χ3n) is 6.06. The first-order chi connectivity index (χ1) is 15.5. The van der Waals surface area contributed by atoms with E-state index in [9.17, 15) is 9.90 Å². The van der Waals surface area contributed by atoms with Gasteiger partial charge in [-0.1, -0.05) is 6.07 Å². The highest BCUT2D eigenvalue weighted by Crippen LogP contribution is 2.46. The highest BCUT2D eigenvalue weighted by atomic mass is 16.5. The van der Waals surface area contributed by atoms with E-state index >= 15 is 0 Å². The molecular formula is C24H23N5O3. The number of hydrogen-bond donors (Lipinski definition) is 2. The monoisotopic (exact) mass is 429 g/mol. The molecule has 2 aliphatic rings. The average molecular weight is 429 g/mol. The number of hydrogen-bond acceptors (Lipinski definition) is 7. The van der Waals surface area contributed by atoms with E-state index in [-0.39, 0.29) is 5.97 Å². The molecule has 5 rings (SSSR count). The Balaban J connectivity index is 1.25. The summed E-state index contributed by atoms with van der Waals surface area (Å²) in [5, 5.41) is 27.6. The Morgan fingerprint density at radius 1 is 1.38 bits per heavy atom. The molecule has 0 radical (unpaired) electrons. The zero-order valence-electron chi connectivity index (χ0n) is 17.7. The third-order valence-corrected chi connectivity index (χ3v) is 6.06. The average Bonchev–Trinajstić information content (AvgIpc) is 3.41. The number of aliphatic hydroxyl groups is 1. The number of nitrogens with zero attached hydrogens (tertiary/aromatic N) is 4. The summed E-state index contributed by atoms with van der Waals surface area (Å²) >= 11 is 0. The fourth-order valence-corrected chi connectivity index (χ4v) is 4.21. The fraction of sp³-hybridized carbons (Fsp3) is 0.333. The van der Waals surface area contributed by atoms with Crippen molar-refractivity contribution in [3.63, 3.8) is 0 Å². The molecule has 1 saturated carbocycles. The number of cyclic esters (lactones) is 1. The van der Waals surface area contributed by atoms with Crippen LogP contribution in [0.5, 0.6) is 0 Å². The van der Waals surface area contributed by atoms with Crippen LogP contribution in [-0.4, -0.2) is 32.4 Å². The number of benzene rings is 1. The minimum absolute atomic E-state index is 0.273. The predicted octanol–water partition coefficient (Wildman–Crippen LogP) is 2.82. The molecule has 1 aliphatic heterocycles. The van der Waals surface area contributed by atoms with Crippen LogP contribution >= 0.6 is 0 Å². The van der Waals surface area contributed by atoms with Crippen molar-refractivity contribution >= 4 is 5.97 Å². The predicted molar refractivity (Wildman–Crippen MR) is 115 cm³/mol. The minimum atomic E-state index is -0.676. The Morgan fingerprint density at radius 2 is 2.22 bits per heavy atom. The molecule has 2 N–H and O–H groups in total. The van der Waals surface area contributed by atoms with Gasteiger partial charge in [0.05, 0.1) is 23.4 Å². The molecule has 1 fully saturated rings. The molecule has 32 heavy (non-hydrogen) atoms. The number of carbonyl (C=O) groups excluding carboxylic acids is 1. The normalized spacial score (nSPS) is 15.8. The van der Waals surface area contributed by atoms with Crippen molar-refractivity contribution < 1.29 is 14.6 Å². The second kappa shape index (κ2) is 8.19. The molecule has 0 bridgehead atoms. The van der Waals surface area contributed by atoms with Gasteiger partial charge in [-0.25, -0.2) is 14.5 Å². The van der Waals surface area contributed by atoms with Crippen molar-refractivity contribution in [2.75, 3.05) is 6.54 Å². The van der Waals surface area contributed by atoms with Crippen molar-refractivity contribution in [3.8, 4) is 11.9 Å². The van der Waals surface area contributed by atoms with Gasteiger partial charge in [-0.15, -0.1) is 0 Å². The van der Waals surface area contributed by atoms with Crippen molar-refractivity contribution in [1.29, 1.82) is 5.26 Å². The maximum absolute atomic E-state index is 11.9. The highest BCUT2D eigenvalue weighted by Gasteiger charge is 2.35. The molecule has 162 valence electrons. The molecule has 1 unspecified atom stereocenters. The number of pyridine rings is 1. The van der Waals surface area contributed by atoms with E-state index in [1.165, 1.54) is 0 Å². The standard InChI is InChI=1S/C24H23N5O3/c1-14-6-22(27-10-17(14)7-25)29-12-15(9-28-29)8-26-11-21(30)19-5-4-18-20(13-32-24(18)31)23(19)16-2-3-16/h4-6,9-10,12,16,21,26,30H,2-3,8,11,13H2,1H3. The van der Waals surface area contributed by atoms with Gasteiger partial charge < -0.3 is 15.2 Å². The van der Waals surface area contributed by atoms with Crippen LogP contribution in [0.15, 0.2) is 36.8 Å². The van der Waals surface area contributed by atoms with E-state index in [0.29, 0.717) is 42.6 Å². The Kier molecular flexibility index (Phi) is 5.21. The minimum Gasteiger partial charge on any atom is -0.457 e. The molecular weight excluding hydrogens is 406 g/mol. The first kappa shape index (κ1) is 20.4. The molecule has 0 saturated heterocycles. The Morgan fingerprint density at radius 3 is 2.97 bits per heavy atom. The van der Waals surface area contributed by atoms with E-state index in [1.807, 2.05) is 25.3 Å². The van der Waals surface area contributed by atoms with E-state index in [0.717, 1.165) is 40.7 Å². The van der Waals surface area contributed by atoms with E-state index < -0.39 is 6.10 Å². The number of fused-ring (bicyclic) bond motifs is 1. The van der Waals surface area contributed by atoms with Crippen LogP contribution in [0.1, 0.15) is 68.6 Å². The first-order valence-electron chi connectivity index (χ1n) is 10.7. The first-order valence-corrected chi connectivity index (χ1v) is 10.7. The van der Waals surface area contributed by atoms with E-state index in [1.54, 1.807) is 23.1 Å². The number of rotatable bonds is 7. The van der Waals surface area contributed by atoms with Crippen molar-refractivity contribution in [2.45, 2.75) is 44.9 Å². The SMILES string of the molecule is Cc1cc(-n2cc(CNCC(O)c3ccc4c(c3C3CC3)COC4=O)cn2)ncc1C#N. The van der Waals surface area contributed by atoms with Gasteiger partial charge in [0.2, 0.25) is 0 Å². The number of esters is 1. The smallest absolute Gasteiger partial charge is 0.338 e. The molecule has 2 aromatic heterocycles. The lowest BCUT2D eigenvalue weighted by Gasteiger charge is -2.18.